The first-order chi connectivity index (χ1) is 5.24. The van der Waals surface area contributed by atoms with E-state index in [4.69, 9.17) is 10.2 Å². The highest BCUT2D eigenvalue weighted by molar-refractivity contribution is 5.32. The standard InChI is InChI=1S/C8H13NO2/c1-2-3-4-6-5-7(10)9-8(6)11/h5,9-11H,2-4H2,1H3. The highest BCUT2D eigenvalue weighted by Gasteiger charge is 2.04. The fraction of sp³-hybridized carbons (Fsp3) is 0.500. The molecule has 3 nitrogen and oxygen atoms in total. The van der Waals surface area contributed by atoms with Crippen LogP contribution in [0.1, 0.15) is 25.3 Å². The lowest BCUT2D eigenvalue weighted by molar-refractivity contribution is 0.423. The molecule has 0 fully saturated rings. The van der Waals surface area contributed by atoms with E-state index in [1.807, 2.05) is 0 Å². The summed E-state index contributed by atoms with van der Waals surface area (Å²) in [7, 11) is 0. The zero-order valence-electron chi connectivity index (χ0n) is 6.59. The Labute approximate surface area is 65.7 Å². The Hall–Kier alpha value is -1.12. The van der Waals surface area contributed by atoms with Gasteiger partial charge in [0, 0.05) is 11.6 Å². The van der Waals surface area contributed by atoms with E-state index in [0.29, 0.717) is 0 Å². The Morgan fingerprint density at radius 3 is 2.64 bits per heavy atom. The van der Waals surface area contributed by atoms with E-state index in [1.165, 1.54) is 0 Å². The lowest BCUT2D eigenvalue weighted by Crippen LogP contribution is -1.80. The molecule has 1 aromatic rings. The molecule has 1 heterocycles. The van der Waals surface area contributed by atoms with E-state index >= 15 is 0 Å². The molecule has 0 saturated heterocycles. The SMILES string of the molecule is CCCCc1cc(O)[nH]c1O. The topological polar surface area (TPSA) is 56.2 Å². The first kappa shape index (κ1) is 7.98. The molecule has 0 radical (unpaired) electrons. The first-order valence-corrected chi connectivity index (χ1v) is 3.84. The third kappa shape index (κ3) is 1.90. The van der Waals surface area contributed by atoms with Crippen molar-refractivity contribution in [2.45, 2.75) is 26.2 Å². The van der Waals surface area contributed by atoms with Crippen LogP contribution >= 0.6 is 0 Å². The van der Waals surface area contributed by atoms with Gasteiger partial charge in [0.2, 0.25) is 0 Å². The maximum Gasteiger partial charge on any atom is 0.194 e. The number of H-pyrrole nitrogens is 1. The van der Waals surface area contributed by atoms with Crippen LogP contribution < -0.4 is 0 Å². The fourth-order valence-electron chi connectivity index (χ4n) is 1.03. The summed E-state index contributed by atoms with van der Waals surface area (Å²) in [5.41, 5.74) is 0.796. The van der Waals surface area contributed by atoms with Crippen molar-refractivity contribution in [3.05, 3.63) is 11.6 Å². The van der Waals surface area contributed by atoms with E-state index in [9.17, 15) is 0 Å². The minimum Gasteiger partial charge on any atom is -0.495 e. The van der Waals surface area contributed by atoms with Crippen molar-refractivity contribution in [2.75, 3.05) is 0 Å². The highest BCUT2D eigenvalue weighted by Crippen LogP contribution is 2.22. The number of unbranched alkanes of at least 4 members (excludes halogenated alkanes) is 1. The summed E-state index contributed by atoms with van der Waals surface area (Å²) in [5, 5.41) is 18.1. The Morgan fingerprint density at radius 2 is 2.18 bits per heavy atom. The molecular weight excluding hydrogens is 142 g/mol. The molecular formula is C8H13NO2. The molecule has 11 heavy (non-hydrogen) atoms. The predicted molar refractivity (Wildman–Crippen MR) is 42.7 cm³/mol. The molecule has 0 aliphatic rings. The highest BCUT2D eigenvalue weighted by atomic mass is 16.3. The van der Waals surface area contributed by atoms with Crippen molar-refractivity contribution in [3.63, 3.8) is 0 Å². The molecule has 0 aromatic carbocycles. The third-order valence-electron chi connectivity index (χ3n) is 1.66. The second-order valence-corrected chi connectivity index (χ2v) is 2.63. The minimum atomic E-state index is 0.0357. The zero-order chi connectivity index (χ0) is 8.27. The second-order valence-electron chi connectivity index (χ2n) is 2.63. The Morgan fingerprint density at radius 1 is 1.45 bits per heavy atom. The summed E-state index contributed by atoms with van der Waals surface area (Å²) in [6, 6.07) is 1.56. The molecule has 0 amide bonds. The van der Waals surface area contributed by atoms with Gasteiger partial charge in [-0.15, -0.1) is 0 Å². The van der Waals surface area contributed by atoms with Gasteiger partial charge in [-0.25, -0.2) is 0 Å². The maximum atomic E-state index is 9.14. The number of aromatic hydroxyl groups is 2. The van der Waals surface area contributed by atoms with E-state index in [2.05, 4.69) is 11.9 Å². The second kappa shape index (κ2) is 3.32. The Bertz CT molecular complexity index is 230. The predicted octanol–water partition coefficient (Wildman–Crippen LogP) is 1.77. The Kier molecular flexibility index (Phi) is 2.41. The van der Waals surface area contributed by atoms with Crippen LogP contribution in [-0.4, -0.2) is 15.2 Å². The average Bonchev–Trinajstić information content (AvgIpc) is 2.26. The van der Waals surface area contributed by atoms with Crippen LogP contribution in [-0.2, 0) is 6.42 Å². The van der Waals surface area contributed by atoms with E-state index in [0.717, 1.165) is 24.8 Å². The van der Waals surface area contributed by atoms with E-state index in [-0.39, 0.29) is 11.8 Å². The minimum absolute atomic E-state index is 0.0357. The van der Waals surface area contributed by atoms with Crippen molar-refractivity contribution in [1.29, 1.82) is 0 Å². The smallest absolute Gasteiger partial charge is 0.194 e. The number of aryl methyl sites for hydroxylation is 1. The fourth-order valence-corrected chi connectivity index (χ4v) is 1.03. The molecule has 0 unspecified atom stereocenters. The van der Waals surface area contributed by atoms with Gasteiger partial charge in [-0.05, 0) is 12.8 Å². The van der Waals surface area contributed by atoms with Crippen LogP contribution in [0.25, 0.3) is 0 Å². The number of aromatic amines is 1. The number of nitrogens with one attached hydrogen (secondary N) is 1. The molecule has 0 atom stereocenters. The van der Waals surface area contributed by atoms with Gasteiger partial charge in [0.1, 0.15) is 0 Å². The Balaban J connectivity index is 2.62. The zero-order valence-corrected chi connectivity index (χ0v) is 6.59. The molecule has 0 aliphatic heterocycles. The molecule has 0 spiro atoms. The van der Waals surface area contributed by atoms with Gasteiger partial charge in [-0.3, -0.25) is 4.98 Å². The lowest BCUT2D eigenvalue weighted by atomic mass is 10.1. The summed E-state index contributed by atoms with van der Waals surface area (Å²) >= 11 is 0. The molecule has 62 valence electrons. The molecule has 3 N–H and O–H groups in total. The average molecular weight is 155 g/mol. The van der Waals surface area contributed by atoms with Gasteiger partial charge in [-0.2, -0.15) is 0 Å². The normalized spacial score (nSPS) is 10.3. The van der Waals surface area contributed by atoms with Gasteiger partial charge >= 0.3 is 0 Å². The molecule has 0 aliphatic carbocycles. The summed E-state index contributed by atoms with van der Waals surface area (Å²) in [6.07, 6.45) is 2.94. The maximum absolute atomic E-state index is 9.14. The van der Waals surface area contributed by atoms with E-state index in [1.54, 1.807) is 6.07 Å². The number of aromatic nitrogens is 1. The monoisotopic (exact) mass is 155 g/mol. The van der Waals surface area contributed by atoms with Crippen molar-refractivity contribution >= 4 is 0 Å². The van der Waals surface area contributed by atoms with Gasteiger partial charge in [0.05, 0.1) is 0 Å². The molecule has 1 aromatic heterocycles. The van der Waals surface area contributed by atoms with Crippen LogP contribution in [0.15, 0.2) is 6.07 Å². The quantitative estimate of drug-likeness (QED) is 0.623. The van der Waals surface area contributed by atoms with Crippen LogP contribution in [0, 0.1) is 0 Å². The summed E-state index contributed by atoms with van der Waals surface area (Å²) in [5.74, 6) is 0.129. The van der Waals surface area contributed by atoms with Crippen molar-refractivity contribution in [2.24, 2.45) is 0 Å². The van der Waals surface area contributed by atoms with Crippen LogP contribution in [0.3, 0.4) is 0 Å². The van der Waals surface area contributed by atoms with Gasteiger partial charge in [-0.1, -0.05) is 13.3 Å². The molecule has 1 rings (SSSR count). The summed E-state index contributed by atoms with van der Waals surface area (Å²) in [6.45, 7) is 2.09. The van der Waals surface area contributed by atoms with Crippen molar-refractivity contribution in [3.8, 4) is 11.8 Å². The third-order valence-corrected chi connectivity index (χ3v) is 1.66. The molecule has 0 saturated carbocycles. The number of hydrogen-bond acceptors (Lipinski definition) is 2. The van der Waals surface area contributed by atoms with Crippen LogP contribution in [0.2, 0.25) is 0 Å². The van der Waals surface area contributed by atoms with Gasteiger partial charge in [0.25, 0.3) is 0 Å². The molecule has 3 heteroatoms. The first-order valence-electron chi connectivity index (χ1n) is 3.84. The molecule has 0 bridgehead atoms. The summed E-state index contributed by atoms with van der Waals surface area (Å²) in [4.78, 5) is 2.43. The summed E-state index contributed by atoms with van der Waals surface area (Å²) < 4.78 is 0. The van der Waals surface area contributed by atoms with Crippen LogP contribution in [0.4, 0.5) is 0 Å². The van der Waals surface area contributed by atoms with Crippen molar-refractivity contribution in [1.82, 2.24) is 4.98 Å². The van der Waals surface area contributed by atoms with Crippen molar-refractivity contribution < 1.29 is 10.2 Å². The van der Waals surface area contributed by atoms with Crippen LogP contribution in [0.5, 0.6) is 11.8 Å². The number of hydrogen-bond donors (Lipinski definition) is 3. The van der Waals surface area contributed by atoms with Gasteiger partial charge in [0.15, 0.2) is 11.8 Å². The van der Waals surface area contributed by atoms with E-state index < -0.39 is 0 Å². The number of rotatable bonds is 3. The van der Waals surface area contributed by atoms with Gasteiger partial charge < -0.3 is 10.2 Å². The largest absolute Gasteiger partial charge is 0.495 e. The lowest BCUT2D eigenvalue weighted by Gasteiger charge is -1.94.